The lowest BCUT2D eigenvalue weighted by Gasteiger charge is -2.18. The van der Waals surface area contributed by atoms with E-state index < -0.39 is 0 Å². The van der Waals surface area contributed by atoms with Crippen LogP contribution in [0, 0.1) is 18.8 Å². The number of aromatic nitrogens is 1. The number of rotatable bonds is 1. The van der Waals surface area contributed by atoms with Crippen molar-refractivity contribution in [2.75, 3.05) is 33.2 Å². The second kappa shape index (κ2) is 4.07. The lowest BCUT2D eigenvalue weighted by Crippen LogP contribution is -2.32. The quantitative estimate of drug-likeness (QED) is 0.749. The first-order chi connectivity index (χ1) is 8.15. The van der Waals surface area contributed by atoms with Crippen molar-refractivity contribution in [3.05, 3.63) is 16.1 Å². The van der Waals surface area contributed by atoms with Crippen LogP contribution in [0.15, 0.2) is 5.51 Å². The number of aryl methyl sites for hydroxylation is 1. The van der Waals surface area contributed by atoms with Crippen LogP contribution < -0.4 is 0 Å². The molecule has 0 bridgehead atoms. The van der Waals surface area contributed by atoms with Gasteiger partial charge in [-0.3, -0.25) is 4.79 Å². The van der Waals surface area contributed by atoms with Gasteiger partial charge in [-0.05, 0) is 25.8 Å². The lowest BCUT2D eigenvalue weighted by atomic mass is 10.0. The Labute approximate surface area is 105 Å². The molecule has 0 aliphatic carbocycles. The Hall–Kier alpha value is -0.940. The van der Waals surface area contributed by atoms with Gasteiger partial charge in [-0.15, -0.1) is 11.3 Å². The molecule has 2 unspecified atom stereocenters. The van der Waals surface area contributed by atoms with Crippen molar-refractivity contribution in [1.29, 1.82) is 0 Å². The molecule has 0 aromatic carbocycles. The standard InChI is InChI=1S/C12H17N3OS/c1-8-11(17-7-13-8)12(16)15-5-9-3-14(2)4-10(9)6-15/h7,9-10H,3-6H2,1-2H3. The number of thiazole rings is 1. The highest BCUT2D eigenvalue weighted by molar-refractivity contribution is 7.11. The molecule has 2 aliphatic rings. The summed E-state index contributed by atoms with van der Waals surface area (Å²) in [4.78, 5) is 21.7. The number of hydrogen-bond donors (Lipinski definition) is 0. The van der Waals surface area contributed by atoms with Crippen LogP contribution in [0.25, 0.3) is 0 Å². The fraction of sp³-hybridized carbons (Fsp3) is 0.667. The fourth-order valence-electron chi connectivity index (χ4n) is 3.04. The van der Waals surface area contributed by atoms with Crippen LogP contribution in [0.5, 0.6) is 0 Å². The molecule has 5 heteroatoms. The zero-order valence-electron chi connectivity index (χ0n) is 10.2. The Morgan fingerprint density at radius 1 is 1.35 bits per heavy atom. The molecule has 2 aliphatic heterocycles. The first kappa shape index (κ1) is 11.2. The molecule has 3 heterocycles. The smallest absolute Gasteiger partial charge is 0.265 e. The van der Waals surface area contributed by atoms with E-state index in [1.54, 1.807) is 5.51 Å². The van der Waals surface area contributed by atoms with Crippen LogP contribution in [0.1, 0.15) is 15.4 Å². The molecule has 4 nitrogen and oxygen atoms in total. The number of carbonyl (C=O) groups excluding carboxylic acids is 1. The van der Waals surface area contributed by atoms with Crippen molar-refractivity contribution in [3.8, 4) is 0 Å². The van der Waals surface area contributed by atoms with Gasteiger partial charge in [0.2, 0.25) is 0 Å². The monoisotopic (exact) mass is 251 g/mol. The van der Waals surface area contributed by atoms with Crippen molar-refractivity contribution < 1.29 is 4.79 Å². The normalized spacial score (nSPS) is 28.7. The number of likely N-dealkylation sites (tertiary alicyclic amines) is 2. The van der Waals surface area contributed by atoms with E-state index in [2.05, 4.69) is 16.9 Å². The summed E-state index contributed by atoms with van der Waals surface area (Å²) in [5.74, 6) is 1.54. The molecular weight excluding hydrogens is 234 g/mol. The summed E-state index contributed by atoms with van der Waals surface area (Å²) < 4.78 is 0. The highest BCUT2D eigenvalue weighted by Gasteiger charge is 2.40. The van der Waals surface area contributed by atoms with Crippen LogP contribution in [-0.2, 0) is 0 Å². The van der Waals surface area contributed by atoms with Crippen molar-refractivity contribution in [2.45, 2.75) is 6.92 Å². The molecule has 2 fully saturated rings. The second-order valence-electron chi connectivity index (χ2n) is 5.22. The summed E-state index contributed by atoms with van der Waals surface area (Å²) in [5.41, 5.74) is 2.63. The van der Waals surface area contributed by atoms with Crippen LogP contribution in [0.3, 0.4) is 0 Å². The Bertz CT molecular complexity index is 431. The molecule has 17 heavy (non-hydrogen) atoms. The van der Waals surface area contributed by atoms with E-state index in [0.29, 0.717) is 11.8 Å². The van der Waals surface area contributed by atoms with Gasteiger partial charge in [-0.1, -0.05) is 0 Å². The summed E-state index contributed by atoms with van der Waals surface area (Å²) in [6.07, 6.45) is 0. The minimum Gasteiger partial charge on any atom is -0.337 e. The molecule has 1 aromatic rings. The third-order valence-electron chi connectivity index (χ3n) is 3.90. The molecule has 1 aromatic heterocycles. The van der Waals surface area contributed by atoms with Crippen molar-refractivity contribution in [3.63, 3.8) is 0 Å². The van der Waals surface area contributed by atoms with Gasteiger partial charge in [0.25, 0.3) is 5.91 Å². The van der Waals surface area contributed by atoms with Crippen LogP contribution >= 0.6 is 11.3 Å². The number of nitrogens with zero attached hydrogens (tertiary/aromatic N) is 3. The van der Waals surface area contributed by atoms with Gasteiger partial charge in [-0.2, -0.15) is 0 Å². The van der Waals surface area contributed by atoms with Crippen LogP contribution in [0.4, 0.5) is 0 Å². The second-order valence-corrected chi connectivity index (χ2v) is 6.07. The highest BCUT2D eigenvalue weighted by atomic mass is 32.1. The third kappa shape index (κ3) is 1.87. The summed E-state index contributed by atoms with van der Waals surface area (Å²) >= 11 is 1.46. The van der Waals surface area contributed by atoms with E-state index in [0.717, 1.165) is 36.8 Å². The van der Waals surface area contributed by atoms with Gasteiger partial charge in [0, 0.05) is 26.2 Å². The Balaban J connectivity index is 1.72. The average Bonchev–Trinajstić information content (AvgIpc) is 2.90. The summed E-state index contributed by atoms with van der Waals surface area (Å²) in [5, 5.41) is 0. The molecule has 0 spiro atoms. The molecule has 0 saturated carbocycles. The SMILES string of the molecule is Cc1ncsc1C(=O)N1CC2CN(C)CC2C1. The van der Waals surface area contributed by atoms with Gasteiger partial charge in [0.1, 0.15) is 4.88 Å². The minimum atomic E-state index is 0.182. The van der Waals surface area contributed by atoms with E-state index in [1.807, 2.05) is 11.8 Å². The third-order valence-corrected chi connectivity index (χ3v) is 4.81. The Morgan fingerprint density at radius 2 is 2.00 bits per heavy atom. The number of carbonyl (C=O) groups is 1. The highest BCUT2D eigenvalue weighted by Crippen LogP contribution is 2.31. The van der Waals surface area contributed by atoms with Gasteiger partial charge in [0.15, 0.2) is 0 Å². The van der Waals surface area contributed by atoms with Crippen molar-refractivity contribution in [2.24, 2.45) is 11.8 Å². The largest absolute Gasteiger partial charge is 0.337 e. The van der Waals surface area contributed by atoms with Crippen molar-refractivity contribution >= 4 is 17.2 Å². The molecule has 1 amide bonds. The number of amides is 1. The lowest BCUT2D eigenvalue weighted by molar-refractivity contribution is 0.0780. The van der Waals surface area contributed by atoms with Gasteiger partial charge in [0.05, 0.1) is 11.2 Å². The number of fused-ring (bicyclic) bond motifs is 1. The maximum absolute atomic E-state index is 12.3. The molecule has 2 saturated heterocycles. The number of hydrogen-bond acceptors (Lipinski definition) is 4. The van der Waals surface area contributed by atoms with Gasteiger partial charge in [-0.25, -0.2) is 4.98 Å². The predicted octanol–water partition coefficient (Wildman–Crippen LogP) is 1.09. The zero-order valence-corrected chi connectivity index (χ0v) is 11.0. The van der Waals surface area contributed by atoms with E-state index in [4.69, 9.17) is 0 Å². The molecule has 0 radical (unpaired) electrons. The summed E-state index contributed by atoms with van der Waals surface area (Å²) in [6, 6.07) is 0. The molecular formula is C12H17N3OS. The summed E-state index contributed by atoms with van der Waals surface area (Å²) in [6.45, 7) is 6.02. The van der Waals surface area contributed by atoms with E-state index in [-0.39, 0.29) is 5.91 Å². The maximum atomic E-state index is 12.3. The van der Waals surface area contributed by atoms with Gasteiger partial charge < -0.3 is 9.80 Å². The first-order valence-electron chi connectivity index (χ1n) is 6.03. The Kier molecular flexibility index (Phi) is 2.67. The van der Waals surface area contributed by atoms with Crippen LogP contribution in [0.2, 0.25) is 0 Å². The topological polar surface area (TPSA) is 36.4 Å². The summed E-state index contributed by atoms with van der Waals surface area (Å²) in [7, 11) is 2.16. The molecule has 0 N–H and O–H groups in total. The maximum Gasteiger partial charge on any atom is 0.265 e. The molecule has 2 atom stereocenters. The van der Waals surface area contributed by atoms with E-state index >= 15 is 0 Å². The van der Waals surface area contributed by atoms with E-state index in [9.17, 15) is 4.79 Å². The zero-order chi connectivity index (χ0) is 12.0. The van der Waals surface area contributed by atoms with E-state index in [1.165, 1.54) is 11.3 Å². The first-order valence-corrected chi connectivity index (χ1v) is 6.91. The minimum absolute atomic E-state index is 0.182. The molecule has 3 rings (SSSR count). The predicted molar refractivity (Wildman–Crippen MR) is 67.2 cm³/mol. The molecule has 92 valence electrons. The fourth-order valence-corrected chi connectivity index (χ4v) is 3.81. The Morgan fingerprint density at radius 3 is 2.53 bits per heavy atom. The van der Waals surface area contributed by atoms with Crippen molar-refractivity contribution in [1.82, 2.24) is 14.8 Å². The average molecular weight is 251 g/mol. The van der Waals surface area contributed by atoms with Crippen LogP contribution in [-0.4, -0.2) is 53.9 Å². The van der Waals surface area contributed by atoms with Gasteiger partial charge >= 0.3 is 0 Å².